The molecule has 1 N–H and O–H groups in total. The molecule has 1 aliphatic carbocycles. The fourth-order valence-electron chi connectivity index (χ4n) is 3.43. The largest absolute Gasteiger partial charge is 0.311 e. The Kier molecular flexibility index (Phi) is 5.26. The van der Waals surface area contributed by atoms with Crippen LogP contribution in [0.4, 0.5) is 0 Å². The first-order valence-corrected chi connectivity index (χ1v) is 7.55. The summed E-state index contributed by atoms with van der Waals surface area (Å²) in [6, 6.07) is 1.61. The lowest BCUT2D eigenvalue weighted by Crippen LogP contribution is -2.59. The molecule has 1 aliphatic heterocycles. The number of hydrogen-bond donors (Lipinski definition) is 1. The summed E-state index contributed by atoms with van der Waals surface area (Å²) in [5.41, 5.74) is 0. The van der Waals surface area contributed by atoms with Gasteiger partial charge in [0.05, 0.1) is 0 Å². The second-order valence-corrected chi connectivity index (χ2v) is 5.48. The van der Waals surface area contributed by atoms with Crippen LogP contribution in [0.1, 0.15) is 39.5 Å². The van der Waals surface area contributed by atoms with Gasteiger partial charge in [-0.1, -0.05) is 26.7 Å². The number of nitrogens with zero attached hydrogens (tertiary/aromatic N) is 2. The minimum absolute atomic E-state index is 0.786. The standard InChI is InChI=1S/C14H29N3/c1-3-16(4-2)11-12-17-10-9-15-13-7-5-6-8-14(13)17/h13-15H,3-12H2,1-2H3/t13-,14-/m1/s1. The van der Waals surface area contributed by atoms with E-state index in [-0.39, 0.29) is 0 Å². The van der Waals surface area contributed by atoms with Crippen LogP contribution in [0.2, 0.25) is 0 Å². The van der Waals surface area contributed by atoms with E-state index in [1.807, 2.05) is 0 Å². The molecule has 2 rings (SSSR count). The Hall–Kier alpha value is -0.120. The molecule has 1 saturated carbocycles. The monoisotopic (exact) mass is 239 g/mol. The van der Waals surface area contributed by atoms with Crippen LogP contribution in [0.15, 0.2) is 0 Å². The average molecular weight is 239 g/mol. The van der Waals surface area contributed by atoms with Gasteiger partial charge >= 0.3 is 0 Å². The van der Waals surface area contributed by atoms with Crippen molar-refractivity contribution in [3.8, 4) is 0 Å². The minimum Gasteiger partial charge on any atom is -0.311 e. The normalized spacial score (nSPS) is 30.5. The zero-order valence-electron chi connectivity index (χ0n) is 11.6. The molecule has 0 aromatic heterocycles. The molecule has 2 fully saturated rings. The Morgan fingerprint density at radius 1 is 1.18 bits per heavy atom. The Balaban J connectivity index is 1.82. The molecule has 0 aromatic carbocycles. The van der Waals surface area contributed by atoms with Crippen LogP contribution in [0.25, 0.3) is 0 Å². The smallest absolute Gasteiger partial charge is 0.0250 e. The highest BCUT2D eigenvalue weighted by Gasteiger charge is 2.32. The van der Waals surface area contributed by atoms with Crippen LogP contribution in [-0.2, 0) is 0 Å². The zero-order valence-corrected chi connectivity index (χ0v) is 11.6. The van der Waals surface area contributed by atoms with E-state index in [0.717, 1.165) is 12.1 Å². The molecule has 0 aromatic rings. The molecule has 0 unspecified atom stereocenters. The molecule has 0 amide bonds. The third-order valence-electron chi connectivity index (χ3n) is 4.60. The van der Waals surface area contributed by atoms with Crippen LogP contribution < -0.4 is 5.32 Å². The maximum absolute atomic E-state index is 3.71. The van der Waals surface area contributed by atoms with E-state index < -0.39 is 0 Å². The lowest BCUT2D eigenvalue weighted by atomic mass is 9.87. The maximum atomic E-state index is 3.71. The van der Waals surface area contributed by atoms with E-state index in [4.69, 9.17) is 0 Å². The molecule has 0 bridgehead atoms. The van der Waals surface area contributed by atoms with Gasteiger partial charge in [0, 0.05) is 38.3 Å². The first kappa shape index (κ1) is 13.3. The second-order valence-electron chi connectivity index (χ2n) is 5.48. The summed E-state index contributed by atoms with van der Waals surface area (Å²) >= 11 is 0. The highest BCUT2D eigenvalue weighted by molar-refractivity contribution is 4.92. The molecule has 0 spiro atoms. The number of likely N-dealkylation sites (N-methyl/N-ethyl adjacent to an activating group) is 1. The molecule has 2 atom stereocenters. The van der Waals surface area contributed by atoms with Gasteiger partial charge in [0.2, 0.25) is 0 Å². The van der Waals surface area contributed by atoms with Gasteiger partial charge in [0.1, 0.15) is 0 Å². The van der Waals surface area contributed by atoms with Crippen molar-refractivity contribution in [3.05, 3.63) is 0 Å². The van der Waals surface area contributed by atoms with E-state index >= 15 is 0 Å². The van der Waals surface area contributed by atoms with Crippen molar-refractivity contribution in [2.75, 3.05) is 39.3 Å². The fourth-order valence-corrected chi connectivity index (χ4v) is 3.43. The summed E-state index contributed by atoms with van der Waals surface area (Å²) in [5.74, 6) is 0. The molecular formula is C14H29N3. The van der Waals surface area contributed by atoms with Crippen molar-refractivity contribution < 1.29 is 0 Å². The topological polar surface area (TPSA) is 18.5 Å². The van der Waals surface area contributed by atoms with E-state index in [9.17, 15) is 0 Å². The summed E-state index contributed by atoms with van der Waals surface area (Å²) < 4.78 is 0. The van der Waals surface area contributed by atoms with Crippen molar-refractivity contribution in [3.63, 3.8) is 0 Å². The van der Waals surface area contributed by atoms with Gasteiger partial charge in [-0.25, -0.2) is 0 Å². The highest BCUT2D eigenvalue weighted by Crippen LogP contribution is 2.25. The number of rotatable bonds is 5. The van der Waals surface area contributed by atoms with Crippen LogP contribution in [0.3, 0.4) is 0 Å². The summed E-state index contributed by atoms with van der Waals surface area (Å²) in [4.78, 5) is 5.29. The Morgan fingerprint density at radius 3 is 2.71 bits per heavy atom. The van der Waals surface area contributed by atoms with E-state index in [1.54, 1.807) is 0 Å². The zero-order chi connectivity index (χ0) is 12.1. The highest BCUT2D eigenvalue weighted by atomic mass is 15.3. The first-order valence-electron chi connectivity index (χ1n) is 7.55. The predicted octanol–water partition coefficient (Wildman–Crippen LogP) is 1.54. The average Bonchev–Trinajstić information content (AvgIpc) is 2.40. The molecular weight excluding hydrogens is 210 g/mol. The Bertz CT molecular complexity index is 214. The number of fused-ring (bicyclic) bond motifs is 1. The van der Waals surface area contributed by atoms with E-state index in [2.05, 4.69) is 29.0 Å². The van der Waals surface area contributed by atoms with Gasteiger partial charge in [0.25, 0.3) is 0 Å². The molecule has 0 radical (unpaired) electrons. The Labute approximate surface area is 107 Å². The van der Waals surface area contributed by atoms with Crippen LogP contribution in [-0.4, -0.2) is 61.2 Å². The molecule has 100 valence electrons. The molecule has 1 saturated heterocycles. The van der Waals surface area contributed by atoms with Gasteiger partial charge in [-0.15, -0.1) is 0 Å². The molecule has 2 aliphatic rings. The fraction of sp³-hybridized carbons (Fsp3) is 1.00. The SMILES string of the molecule is CCN(CC)CCN1CCN[C@@H]2CCCC[C@H]21. The van der Waals surface area contributed by atoms with E-state index in [0.29, 0.717) is 0 Å². The number of piperazine rings is 1. The van der Waals surface area contributed by atoms with Crippen molar-refractivity contribution in [1.82, 2.24) is 15.1 Å². The van der Waals surface area contributed by atoms with Crippen molar-refractivity contribution >= 4 is 0 Å². The second kappa shape index (κ2) is 6.72. The van der Waals surface area contributed by atoms with Crippen LogP contribution in [0.5, 0.6) is 0 Å². The summed E-state index contributed by atoms with van der Waals surface area (Å²) in [5, 5.41) is 3.71. The number of hydrogen-bond acceptors (Lipinski definition) is 3. The summed E-state index contributed by atoms with van der Waals surface area (Å²) in [6.07, 6.45) is 5.67. The lowest BCUT2D eigenvalue weighted by Gasteiger charge is -2.45. The minimum atomic E-state index is 0.786. The molecule has 17 heavy (non-hydrogen) atoms. The van der Waals surface area contributed by atoms with Gasteiger partial charge in [0.15, 0.2) is 0 Å². The summed E-state index contributed by atoms with van der Waals surface area (Å²) in [6.45, 7) is 11.9. The van der Waals surface area contributed by atoms with Gasteiger partial charge in [-0.3, -0.25) is 4.90 Å². The molecule has 3 heteroatoms. The molecule has 3 nitrogen and oxygen atoms in total. The third kappa shape index (κ3) is 3.43. The maximum Gasteiger partial charge on any atom is 0.0250 e. The summed E-state index contributed by atoms with van der Waals surface area (Å²) in [7, 11) is 0. The quantitative estimate of drug-likeness (QED) is 0.785. The first-order chi connectivity index (χ1) is 8.35. The third-order valence-corrected chi connectivity index (χ3v) is 4.60. The van der Waals surface area contributed by atoms with Crippen molar-refractivity contribution in [1.29, 1.82) is 0 Å². The van der Waals surface area contributed by atoms with Crippen molar-refractivity contribution in [2.24, 2.45) is 0 Å². The predicted molar refractivity (Wildman–Crippen MR) is 73.4 cm³/mol. The van der Waals surface area contributed by atoms with E-state index in [1.165, 1.54) is 65.0 Å². The molecule has 1 heterocycles. The van der Waals surface area contributed by atoms with Crippen LogP contribution in [0, 0.1) is 0 Å². The number of nitrogens with one attached hydrogen (secondary N) is 1. The van der Waals surface area contributed by atoms with Crippen LogP contribution >= 0.6 is 0 Å². The van der Waals surface area contributed by atoms with Gasteiger partial charge in [-0.05, 0) is 25.9 Å². The van der Waals surface area contributed by atoms with Crippen molar-refractivity contribution in [2.45, 2.75) is 51.6 Å². The lowest BCUT2D eigenvalue weighted by molar-refractivity contribution is 0.0778. The van der Waals surface area contributed by atoms with Gasteiger partial charge < -0.3 is 10.2 Å². The van der Waals surface area contributed by atoms with Gasteiger partial charge in [-0.2, -0.15) is 0 Å². The Morgan fingerprint density at radius 2 is 1.94 bits per heavy atom.